The molecule has 0 saturated carbocycles. The minimum Gasteiger partial charge on any atom is -0.355 e. The van der Waals surface area contributed by atoms with Gasteiger partial charge in [-0.15, -0.1) is 0 Å². The van der Waals surface area contributed by atoms with Crippen LogP contribution < -0.4 is 5.32 Å². The second kappa shape index (κ2) is 10.7. The van der Waals surface area contributed by atoms with Crippen LogP contribution >= 0.6 is 0 Å². The van der Waals surface area contributed by atoms with E-state index in [1.807, 2.05) is 82.3 Å². The summed E-state index contributed by atoms with van der Waals surface area (Å²) in [5, 5.41) is 7.41. The van der Waals surface area contributed by atoms with Crippen molar-refractivity contribution < 1.29 is 9.00 Å². The van der Waals surface area contributed by atoms with E-state index in [9.17, 15) is 9.00 Å². The molecule has 7 heteroatoms. The van der Waals surface area contributed by atoms with Crippen molar-refractivity contribution in [3.05, 3.63) is 103 Å². The number of carbonyl (C=O) groups is 1. The Hall–Kier alpha value is -3.45. The van der Waals surface area contributed by atoms with Gasteiger partial charge in [0.2, 0.25) is 5.91 Å². The van der Waals surface area contributed by atoms with Gasteiger partial charge in [0.25, 0.3) is 0 Å². The van der Waals surface area contributed by atoms with Crippen LogP contribution in [0.1, 0.15) is 17.5 Å². The van der Waals surface area contributed by atoms with E-state index in [2.05, 4.69) is 22.5 Å². The van der Waals surface area contributed by atoms with Gasteiger partial charge in [0, 0.05) is 35.3 Å². The first-order valence-corrected chi connectivity index (χ1v) is 12.1. The third-order valence-corrected chi connectivity index (χ3v) is 6.30. The lowest BCUT2D eigenvalue weighted by molar-refractivity contribution is -0.118. The fraction of sp³-hybridized carbons (Fsp3) is 0.200. The lowest BCUT2D eigenvalue weighted by Gasteiger charge is -2.11. The van der Waals surface area contributed by atoms with Crippen molar-refractivity contribution >= 4 is 16.7 Å². The molecular weight excluding hydrogens is 420 g/mol. The fourth-order valence-electron chi connectivity index (χ4n) is 3.57. The van der Waals surface area contributed by atoms with Gasteiger partial charge in [0.05, 0.1) is 17.6 Å². The Kier molecular flexibility index (Phi) is 7.30. The summed E-state index contributed by atoms with van der Waals surface area (Å²) >= 11 is 0. The summed E-state index contributed by atoms with van der Waals surface area (Å²) in [5.74, 6) is 0.886. The average molecular weight is 447 g/mol. The quantitative estimate of drug-likeness (QED) is 0.378. The van der Waals surface area contributed by atoms with Crippen molar-refractivity contribution in [2.75, 3.05) is 12.3 Å². The zero-order valence-corrected chi connectivity index (χ0v) is 18.6. The van der Waals surface area contributed by atoms with Crippen LogP contribution in [0.25, 0.3) is 11.5 Å². The predicted octanol–water partition coefficient (Wildman–Crippen LogP) is 3.66. The molecule has 0 aliphatic rings. The van der Waals surface area contributed by atoms with Crippen LogP contribution in [0.15, 0.2) is 91.4 Å². The first kappa shape index (κ1) is 21.8. The molecule has 0 spiro atoms. The molecule has 0 bridgehead atoms. The lowest BCUT2D eigenvalue weighted by Crippen LogP contribution is -2.29. The zero-order valence-electron chi connectivity index (χ0n) is 17.8. The highest BCUT2D eigenvalue weighted by atomic mass is 32.2. The Balaban J connectivity index is 1.36. The van der Waals surface area contributed by atoms with Gasteiger partial charge in [-0.2, -0.15) is 5.10 Å². The van der Waals surface area contributed by atoms with Crippen molar-refractivity contribution in [1.29, 1.82) is 0 Å². The van der Waals surface area contributed by atoms with Gasteiger partial charge in [-0.1, -0.05) is 48.5 Å². The SMILES string of the molecule is O=C(C[S@](=O)Cc1cnn(-c2ccccc2)c1-n1cccc1)NCCCc1ccccc1. The van der Waals surface area contributed by atoms with Gasteiger partial charge in [-0.05, 0) is 42.7 Å². The van der Waals surface area contributed by atoms with E-state index in [-0.39, 0.29) is 17.4 Å². The monoisotopic (exact) mass is 446 g/mol. The normalized spacial score (nSPS) is 11.9. The van der Waals surface area contributed by atoms with Crippen molar-refractivity contribution in [2.24, 2.45) is 0 Å². The maximum Gasteiger partial charge on any atom is 0.232 e. The number of para-hydroxylation sites is 1. The molecule has 0 radical (unpaired) electrons. The van der Waals surface area contributed by atoms with E-state index in [1.54, 1.807) is 6.20 Å². The summed E-state index contributed by atoms with van der Waals surface area (Å²) in [6.45, 7) is 0.575. The number of amides is 1. The van der Waals surface area contributed by atoms with Crippen molar-refractivity contribution in [1.82, 2.24) is 19.7 Å². The number of nitrogens with zero attached hydrogens (tertiary/aromatic N) is 3. The summed E-state index contributed by atoms with van der Waals surface area (Å²) in [4.78, 5) is 12.3. The summed E-state index contributed by atoms with van der Waals surface area (Å²) in [6, 6.07) is 23.9. The second-order valence-electron chi connectivity index (χ2n) is 7.50. The third-order valence-electron chi connectivity index (χ3n) is 5.08. The molecule has 2 aromatic heterocycles. The van der Waals surface area contributed by atoms with Crippen molar-refractivity contribution in [2.45, 2.75) is 18.6 Å². The highest BCUT2D eigenvalue weighted by molar-refractivity contribution is 7.84. The maximum absolute atomic E-state index is 12.7. The first-order valence-electron chi connectivity index (χ1n) is 10.6. The molecule has 2 aromatic carbocycles. The Morgan fingerprint density at radius 2 is 1.62 bits per heavy atom. The maximum atomic E-state index is 12.7. The number of rotatable bonds is 10. The molecule has 6 nitrogen and oxygen atoms in total. The number of aromatic nitrogens is 3. The number of hydrogen-bond acceptors (Lipinski definition) is 3. The molecular formula is C25H26N4O2S. The largest absolute Gasteiger partial charge is 0.355 e. The Morgan fingerprint density at radius 1 is 0.938 bits per heavy atom. The highest BCUT2D eigenvalue weighted by Crippen LogP contribution is 2.21. The molecule has 1 atom stereocenters. The van der Waals surface area contributed by atoms with Crippen molar-refractivity contribution in [3.8, 4) is 11.5 Å². The van der Waals surface area contributed by atoms with E-state index in [0.717, 1.165) is 29.9 Å². The van der Waals surface area contributed by atoms with Crippen LogP contribution in [0.3, 0.4) is 0 Å². The van der Waals surface area contributed by atoms with E-state index in [0.29, 0.717) is 6.54 Å². The number of hydrogen-bond donors (Lipinski definition) is 1. The minimum atomic E-state index is -1.34. The van der Waals surface area contributed by atoms with Crippen LogP contribution in [0.4, 0.5) is 0 Å². The lowest BCUT2D eigenvalue weighted by atomic mass is 10.1. The molecule has 0 fully saturated rings. The van der Waals surface area contributed by atoms with Crippen LogP contribution in [0.2, 0.25) is 0 Å². The smallest absolute Gasteiger partial charge is 0.232 e. The zero-order chi connectivity index (χ0) is 22.2. The number of aryl methyl sites for hydroxylation is 1. The van der Waals surface area contributed by atoms with Crippen LogP contribution in [0, 0.1) is 0 Å². The van der Waals surface area contributed by atoms with E-state index < -0.39 is 10.8 Å². The van der Waals surface area contributed by atoms with Crippen LogP contribution in [-0.2, 0) is 27.8 Å². The highest BCUT2D eigenvalue weighted by Gasteiger charge is 2.17. The van der Waals surface area contributed by atoms with Gasteiger partial charge in [0.15, 0.2) is 0 Å². The molecule has 0 aliphatic carbocycles. The average Bonchev–Trinajstić information content (AvgIpc) is 3.48. The standard InChI is InChI=1S/C25H26N4O2S/c30-24(26-15-9-12-21-10-3-1-4-11-21)20-32(31)19-22-18-27-29(23-13-5-2-6-14-23)25(22)28-16-7-8-17-28/h1-8,10-11,13-14,16-18H,9,12,15,19-20H2,(H,26,30)/t32-/m1/s1. The fourth-order valence-corrected chi connectivity index (χ4v) is 4.62. The van der Waals surface area contributed by atoms with Gasteiger partial charge < -0.3 is 9.88 Å². The Morgan fingerprint density at radius 3 is 2.34 bits per heavy atom. The number of benzene rings is 2. The van der Waals surface area contributed by atoms with Crippen LogP contribution in [-0.4, -0.2) is 36.8 Å². The molecule has 164 valence electrons. The summed E-state index contributed by atoms with van der Waals surface area (Å²) < 4.78 is 16.5. The molecule has 4 aromatic rings. The third kappa shape index (κ3) is 5.62. The van der Waals surface area contributed by atoms with Crippen molar-refractivity contribution in [3.63, 3.8) is 0 Å². The topological polar surface area (TPSA) is 68.9 Å². The van der Waals surface area contributed by atoms with Gasteiger partial charge in [0.1, 0.15) is 11.6 Å². The predicted molar refractivity (Wildman–Crippen MR) is 127 cm³/mol. The number of nitrogens with one attached hydrogen (secondary N) is 1. The summed E-state index contributed by atoms with van der Waals surface area (Å²) in [7, 11) is -1.34. The van der Waals surface area contributed by atoms with Gasteiger partial charge in [-0.3, -0.25) is 9.00 Å². The molecule has 4 rings (SSSR count). The molecule has 1 amide bonds. The molecule has 0 saturated heterocycles. The van der Waals surface area contributed by atoms with Gasteiger partial charge >= 0.3 is 0 Å². The minimum absolute atomic E-state index is 0.0209. The molecule has 0 unspecified atom stereocenters. The Labute approximate surface area is 190 Å². The van der Waals surface area contributed by atoms with Crippen LogP contribution in [0.5, 0.6) is 0 Å². The number of carbonyl (C=O) groups excluding carboxylic acids is 1. The second-order valence-corrected chi connectivity index (χ2v) is 8.96. The van der Waals surface area contributed by atoms with Gasteiger partial charge in [-0.25, -0.2) is 4.68 Å². The van der Waals surface area contributed by atoms with E-state index in [4.69, 9.17) is 0 Å². The molecule has 1 N–H and O–H groups in total. The summed E-state index contributed by atoms with van der Waals surface area (Å²) in [5.41, 5.74) is 3.00. The molecule has 0 aliphatic heterocycles. The molecule has 2 heterocycles. The van der Waals surface area contributed by atoms with E-state index >= 15 is 0 Å². The van der Waals surface area contributed by atoms with E-state index in [1.165, 1.54) is 5.56 Å². The first-order chi connectivity index (χ1) is 15.7. The Bertz CT molecular complexity index is 1160. The molecule has 32 heavy (non-hydrogen) atoms. The summed E-state index contributed by atoms with van der Waals surface area (Å²) in [6.07, 6.45) is 7.36.